The van der Waals surface area contributed by atoms with E-state index in [4.69, 9.17) is 26.9 Å². The first-order chi connectivity index (χ1) is 8.74. The predicted molar refractivity (Wildman–Crippen MR) is 71.7 cm³/mol. The smallest absolute Gasteiger partial charge is 0.137 e. The second-order valence-corrected chi connectivity index (χ2v) is 4.89. The van der Waals surface area contributed by atoms with Crippen molar-refractivity contribution < 1.29 is 9.47 Å². The van der Waals surface area contributed by atoms with Crippen molar-refractivity contribution in [2.75, 3.05) is 13.7 Å². The minimum absolute atomic E-state index is 0.0549. The number of hydrazine groups is 1. The molecular formula is C13H19ClN2O2. The van der Waals surface area contributed by atoms with Crippen LogP contribution in [-0.2, 0) is 4.74 Å². The van der Waals surface area contributed by atoms with Crippen molar-refractivity contribution in [2.45, 2.75) is 31.4 Å². The summed E-state index contributed by atoms with van der Waals surface area (Å²) in [5.74, 6) is 6.30. The summed E-state index contributed by atoms with van der Waals surface area (Å²) in [4.78, 5) is 0. The Kier molecular flexibility index (Phi) is 4.83. The topological polar surface area (TPSA) is 56.5 Å². The highest BCUT2D eigenvalue weighted by molar-refractivity contribution is 6.32. The number of methoxy groups -OCH3 is 1. The Bertz CT molecular complexity index is 395. The standard InChI is InChI=1S/C13H19ClN2O2/c1-17-13-7-9(4-5-11(13)14)12(16-15)8-10-3-2-6-18-10/h4-5,7,10,12,16H,2-3,6,8,15H2,1H3. The van der Waals surface area contributed by atoms with Crippen LogP contribution < -0.4 is 16.0 Å². The van der Waals surface area contributed by atoms with E-state index in [1.54, 1.807) is 7.11 Å². The minimum atomic E-state index is 0.0549. The van der Waals surface area contributed by atoms with Crippen LogP contribution in [-0.4, -0.2) is 19.8 Å². The summed E-state index contributed by atoms with van der Waals surface area (Å²) < 4.78 is 10.9. The second-order valence-electron chi connectivity index (χ2n) is 4.48. The molecule has 0 amide bonds. The molecule has 3 N–H and O–H groups in total. The monoisotopic (exact) mass is 270 g/mol. The summed E-state index contributed by atoms with van der Waals surface area (Å²) >= 11 is 6.01. The molecule has 1 aliphatic rings. The van der Waals surface area contributed by atoms with Gasteiger partial charge >= 0.3 is 0 Å². The fraction of sp³-hybridized carbons (Fsp3) is 0.538. The summed E-state index contributed by atoms with van der Waals surface area (Å²) in [7, 11) is 1.61. The molecule has 0 spiro atoms. The Morgan fingerprint density at radius 1 is 1.61 bits per heavy atom. The number of halogens is 1. The quantitative estimate of drug-likeness (QED) is 0.637. The van der Waals surface area contributed by atoms with Gasteiger partial charge < -0.3 is 9.47 Å². The van der Waals surface area contributed by atoms with Crippen molar-refractivity contribution in [1.82, 2.24) is 5.43 Å². The number of hydrogen-bond donors (Lipinski definition) is 2. The van der Waals surface area contributed by atoms with Gasteiger partial charge in [-0.25, -0.2) is 0 Å². The maximum absolute atomic E-state index is 6.01. The Balaban J connectivity index is 2.10. The summed E-state index contributed by atoms with van der Waals surface area (Å²) in [6, 6.07) is 5.76. The molecule has 0 bridgehead atoms. The molecule has 4 nitrogen and oxygen atoms in total. The maximum atomic E-state index is 6.01. The van der Waals surface area contributed by atoms with Crippen molar-refractivity contribution in [3.63, 3.8) is 0 Å². The molecule has 0 saturated carbocycles. The number of rotatable bonds is 5. The SMILES string of the molecule is COc1cc(C(CC2CCCO2)NN)ccc1Cl. The summed E-state index contributed by atoms with van der Waals surface area (Å²) in [5.41, 5.74) is 3.90. The van der Waals surface area contributed by atoms with Crippen LogP contribution >= 0.6 is 11.6 Å². The van der Waals surface area contributed by atoms with E-state index < -0.39 is 0 Å². The van der Waals surface area contributed by atoms with Crippen molar-refractivity contribution in [1.29, 1.82) is 0 Å². The molecule has 1 aromatic carbocycles. The maximum Gasteiger partial charge on any atom is 0.137 e. The molecule has 1 saturated heterocycles. The molecule has 1 heterocycles. The summed E-state index contributed by atoms with van der Waals surface area (Å²) in [6.07, 6.45) is 3.38. The Labute approximate surface area is 112 Å². The second kappa shape index (κ2) is 6.38. The van der Waals surface area contributed by atoms with E-state index in [1.807, 2.05) is 18.2 Å². The van der Waals surface area contributed by atoms with E-state index in [0.29, 0.717) is 10.8 Å². The van der Waals surface area contributed by atoms with Crippen molar-refractivity contribution >= 4 is 11.6 Å². The van der Waals surface area contributed by atoms with Crippen LogP contribution in [0, 0.1) is 0 Å². The van der Waals surface area contributed by atoms with Crippen LogP contribution in [0.3, 0.4) is 0 Å². The third kappa shape index (κ3) is 3.14. The molecule has 18 heavy (non-hydrogen) atoms. The highest BCUT2D eigenvalue weighted by Crippen LogP contribution is 2.30. The fourth-order valence-electron chi connectivity index (χ4n) is 2.29. The van der Waals surface area contributed by atoms with Crippen molar-refractivity contribution in [2.24, 2.45) is 5.84 Å². The van der Waals surface area contributed by atoms with E-state index >= 15 is 0 Å². The predicted octanol–water partition coefficient (Wildman–Crippen LogP) is 2.42. The van der Waals surface area contributed by atoms with E-state index in [1.165, 1.54) is 0 Å². The lowest BCUT2D eigenvalue weighted by Crippen LogP contribution is -2.30. The van der Waals surface area contributed by atoms with Gasteiger partial charge in [0.15, 0.2) is 0 Å². The zero-order valence-corrected chi connectivity index (χ0v) is 11.2. The van der Waals surface area contributed by atoms with Gasteiger partial charge in [0.2, 0.25) is 0 Å². The molecule has 0 aliphatic carbocycles. The lowest BCUT2D eigenvalue weighted by molar-refractivity contribution is 0.0945. The van der Waals surface area contributed by atoms with Crippen molar-refractivity contribution in [3.8, 4) is 5.75 Å². The lowest BCUT2D eigenvalue weighted by atomic mass is 9.99. The van der Waals surface area contributed by atoms with Crippen LogP contribution in [0.25, 0.3) is 0 Å². The first-order valence-corrected chi connectivity index (χ1v) is 6.53. The van der Waals surface area contributed by atoms with E-state index in [2.05, 4.69) is 5.43 Å². The van der Waals surface area contributed by atoms with E-state index in [0.717, 1.165) is 31.4 Å². The van der Waals surface area contributed by atoms with Gasteiger partial charge in [0.05, 0.1) is 18.2 Å². The number of nitrogens with two attached hydrogens (primary N) is 1. The summed E-state index contributed by atoms with van der Waals surface area (Å²) in [5, 5.41) is 0.606. The van der Waals surface area contributed by atoms with Gasteiger partial charge in [-0.1, -0.05) is 17.7 Å². The fourth-order valence-corrected chi connectivity index (χ4v) is 2.48. The zero-order chi connectivity index (χ0) is 13.0. The molecule has 0 aromatic heterocycles. The third-order valence-corrected chi connectivity index (χ3v) is 3.61. The van der Waals surface area contributed by atoms with Crippen LogP contribution in [0.15, 0.2) is 18.2 Å². The van der Waals surface area contributed by atoms with Gasteiger partial charge in [0.1, 0.15) is 5.75 Å². The lowest BCUT2D eigenvalue weighted by Gasteiger charge is -2.20. The zero-order valence-electron chi connectivity index (χ0n) is 10.5. The number of ether oxygens (including phenoxy) is 2. The average molecular weight is 271 g/mol. The van der Waals surface area contributed by atoms with Crippen LogP contribution in [0.2, 0.25) is 5.02 Å². The van der Waals surface area contributed by atoms with Gasteiger partial charge in [0.25, 0.3) is 0 Å². The van der Waals surface area contributed by atoms with E-state index in [9.17, 15) is 0 Å². The largest absolute Gasteiger partial charge is 0.495 e. The van der Waals surface area contributed by atoms with E-state index in [-0.39, 0.29) is 12.1 Å². The Morgan fingerprint density at radius 3 is 3.06 bits per heavy atom. The highest BCUT2D eigenvalue weighted by atomic mass is 35.5. The Morgan fingerprint density at radius 2 is 2.44 bits per heavy atom. The number of hydrogen-bond acceptors (Lipinski definition) is 4. The first-order valence-electron chi connectivity index (χ1n) is 6.15. The van der Waals surface area contributed by atoms with Gasteiger partial charge in [-0.05, 0) is 37.0 Å². The van der Waals surface area contributed by atoms with Crippen LogP contribution in [0.5, 0.6) is 5.75 Å². The third-order valence-electron chi connectivity index (χ3n) is 3.30. The first kappa shape index (κ1) is 13.6. The molecule has 1 fully saturated rings. The summed E-state index contributed by atoms with van der Waals surface area (Å²) in [6.45, 7) is 0.853. The Hall–Kier alpha value is -0.810. The molecule has 0 radical (unpaired) electrons. The average Bonchev–Trinajstić information content (AvgIpc) is 2.89. The molecule has 5 heteroatoms. The van der Waals surface area contributed by atoms with Crippen LogP contribution in [0.4, 0.5) is 0 Å². The van der Waals surface area contributed by atoms with Gasteiger partial charge in [-0.15, -0.1) is 0 Å². The normalized spacial score (nSPS) is 20.9. The van der Waals surface area contributed by atoms with Gasteiger partial charge in [-0.3, -0.25) is 11.3 Å². The molecular weight excluding hydrogens is 252 g/mol. The van der Waals surface area contributed by atoms with Gasteiger partial charge in [-0.2, -0.15) is 0 Å². The van der Waals surface area contributed by atoms with Crippen molar-refractivity contribution in [3.05, 3.63) is 28.8 Å². The van der Waals surface area contributed by atoms with Crippen LogP contribution in [0.1, 0.15) is 30.9 Å². The molecule has 2 atom stereocenters. The van der Waals surface area contributed by atoms with Gasteiger partial charge in [0, 0.05) is 12.6 Å². The minimum Gasteiger partial charge on any atom is -0.495 e. The molecule has 2 rings (SSSR count). The highest BCUT2D eigenvalue weighted by Gasteiger charge is 2.21. The number of benzene rings is 1. The molecule has 1 aliphatic heterocycles. The molecule has 1 aromatic rings. The molecule has 100 valence electrons. The number of nitrogens with one attached hydrogen (secondary N) is 1. The molecule has 2 unspecified atom stereocenters.